The van der Waals surface area contributed by atoms with E-state index in [2.05, 4.69) is 20.6 Å². The number of aryl methyl sites for hydroxylation is 2. The highest BCUT2D eigenvalue weighted by Gasteiger charge is 2.11. The Balaban J connectivity index is 1.91. The van der Waals surface area contributed by atoms with Crippen LogP contribution in [0.3, 0.4) is 0 Å². The fourth-order valence-electron chi connectivity index (χ4n) is 2.62. The van der Waals surface area contributed by atoms with Crippen LogP contribution in [-0.2, 0) is 0 Å². The van der Waals surface area contributed by atoms with Gasteiger partial charge in [0.25, 0.3) is 0 Å². The van der Waals surface area contributed by atoms with Crippen molar-refractivity contribution in [2.45, 2.75) is 13.8 Å². The molecule has 0 spiro atoms. The molecule has 0 saturated carbocycles. The monoisotopic (exact) mass is 384 g/mol. The fraction of sp³-hybridized carbons (Fsp3) is 0.200. The van der Waals surface area contributed by atoms with Crippen LogP contribution in [0, 0.1) is 13.8 Å². The van der Waals surface area contributed by atoms with E-state index < -0.39 is 0 Å². The minimum atomic E-state index is 0.451. The summed E-state index contributed by atoms with van der Waals surface area (Å²) in [5, 5.41) is 7.12. The van der Waals surface area contributed by atoms with Gasteiger partial charge in [-0.2, -0.15) is 4.98 Å². The molecule has 2 aromatic carbocycles. The molecule has 2 N–H and O–H groups in total. The summed E-state index contributed by atoms with van der Waals surface area (Å²) in [5.74, 6) is 2.46. The molecule has 0 saturated heterocycles. The van der Waals surface area contributed by atoms with Crippen LogP contribution in [0.1, 0.15) is 11.3 Å². The first-order valence-electron chi connectivity index (χ1n) is 8.37. The summed E-state index contributed by atoms with van der Waals surface area (Å²) in [6.45, 7) is 3.84. The third-order valence-electron chi connectivity index (χ3n) is 3.95. The number of rotatable bonds is 6. The molecule has 0 amide bonds. The molecular formula is C20H21ClN4O2. The minimum Gasteiger partial charge on any atom is -0.495 e. The zero-order valence-electron chi connectivity index (χ0n) is 15.6. The second-order valence-electron chi connectivity index (χ2n) is 5.97. The molecule has 0 aliphatic carbocycles. The maximum atomic E-state index is 6.18. The van der Waals surface area contributed by atoms with Gasteiger partial charge in [-0.3, -0.25) is 0 Å². The van der Waals surface area contributed by atoms with Gasteiger partial charge in [0, 0.05) is 22.8 Å². The first-order chi connectivity index (χ1) is 13.0. The highest BCUT2D eigenvalue weighted by atomic mass is 35.5. The van der Waals surface area contributed by atoms with Crippen LogP contribution in [0.2, 0.25) is 5.02 Å². The molecule has 0 unspecified atom stereocenters. The van der Waals surface area contributed by atoms with E-state index in [1.165, 1.54) is 0 Å². The molecule has 0 bridgehead atoms. The predicted octanol–water partition coefficient (Wildman–Crippen LogP) is 5.25. The van der Waals surface area contributed by atoms with Gasteiger partial charge in [0.15, 0.2) is 0 Å². The molecule has 140 valence electrons. The lowest BCUT2D eigenvalue weighted by molar-refractivity contribution is 0.416. The number of anilines is 4. The highest BCUT2D eigenvalue weighted by molar-refractivity contribution is 6.31. The third kappa shape index (κ3) is 4.41. The van der Waals surface area contributed by atoms with E-state index in [-0.39, 0.29) is 0 Å². The number of hydrogen-bond donors (Lipinski definition) is 2. The van der Waals surface area contributed by atoms with Crippen molar-refractivity contribution in [3.05, 3.63) is 58.7 Å². The number of halogens is 1. The van der Waals surface area contributed by atoms with E-state index in [1.54, 1.807) is 20.3 Å². The van der Waals surface area contributed by atoms with E-state index in [4.69, 9.17) is 21.1 Å². The summed E-state index contributed by atoms with van der Waals surface area (Å²) in [6.07, 6.45) is 0. The van der Waals surface area contributed by atoms with Crippen molar-refractivity contribution in [2.75, 3.05) is 24.9 Å². The van der Waals surface area contributed by atoms with Crippen molar-refractivity contribution in [3.8, 4) is 11.5 Å². The van der Waals surface area contributed by atoms with Crippen LogP contribution in [0.15, 0.2) is 42.5 Å². The van der Waals surface area contributed by atoms with Crippen molar-refractivity contribution in [3.63, 3.8) is 0 Å². The average Bonchev–Trinajstić information content (AvgIpc) is 2.64. The third-order valence-corrected chi connectivity index (χ3v) is 4.36. The Hall–Kier alpha value is -2.99. The molecule has 1 heterocycles. The van der Waals surface area contributed by atoms with Gasteiger partial charge >= 0.3 is 0 Å². The van der Waals surface area contributed by atoms with Gasteiger partial charge in [0.05, 0.1) is 25.6 Å². The van der Waals surface area contributed by atoms with Gasteiger partial charge in [-0.25, -0.2) is 4.98 Å². The van der Waals surface area contributed by atoms with E-state index >= 15 is 0 Å². The largest absolute Gasteiger partial charge is 0.495 e. The van der Waals surface area contributed by atoms with Gasteiger partial charge in [0.1, 0.15) is 17.3 Å². The number of nitrogens with one attached hydrogen (secondary N) is 2. The SMILES string of the molecule is COc1ccccc1Nc1cc(C)nc(Nc2cc(C)c(Cl)cc2OC)n1. The Morgan fingerprint density at radius 1 is 0.852 bits per heavy atom. The molecule has 0 radical (unpaired) electrons. The first-order valence-corrected chi connectivity index (χ1v) is 8.75. The second-order valence-corrected chi connectivity index (χ2v) is 6.38. The Bertz CT molecular complexity index is 963. The summed E-state index contributed by atoms with van der Waals surface area (Å²) >= 11 is 6.18. The smallest absolute Gasteiger partial charge is 0.229 e. The summed E-state index contributed by atoms with van der Waals surface area (Å²) in [5.41, 5.74) is 3.31. The lowest BCUT2D eigenvalue weighted by Gasteiger charge is -2.14. The summed E-state index contributed by atoms with van der Waals surface area (Å²) in [7, 11) is 3.23. The van der Waals surface area contributed by atoms with Gasteiger partial charge in [-0.05, 0) is 37.6 Å². The molecule has 0 atom stereocenters. The van der Waals surface area contributed by atoms with Gasteiger partial charge < -0.3 is 20.1 Å². The molecule has 1 aromatic heterocycles. The van der Waals surface area contributed by atoms with Gasteiger partial charge in [0.2, 0.25) is 5.95 Å². The number of nitrogens with zero attached hydrogens (tertiary/aromatic N) is 2. The highest BCUT2D eigenvalue weighted by Crippen LogP contribution is 2.33. The zero-order valence-corrected chi connectivity index (χ0v) is 16.4. The quantitative estimate of drug-likeness (QED) is 0.604. The van der Waals surface area contributed by atoms with Crippen molar-refractivity contribution < 1.29 is 9.47 Å². The van der Waals surface area contributed by atoms with E-state index in [0.717, 1.165) is 28.4 Å². The Morgan fingerprint density at radius 2 is 1.59 bits per heavy atom. The van der Waals surface area contributed by atoms with Crippen molar-refractivity contribution in [1.82, 2.24) is 9.97 Å². The number of ether oxygens (including phenoxy) is 2. The number of hydrogen-bond acceptors (Lipinski definition) is 6. The molecular weight excluding hydrogens is 364 g/mol. The molecule has 6 nitrogen and oxygen atoms in total. The summed E-state index contributed by atoms with van der Waals surface area (Å²) < 4.78 is 10.8. The Kier molecular flexibility index (Phi) is 5.66. The second kappa shape index (κ2) is 8.14. The molecule has 7 heteroatoms. The van der Waals surface area contributed by atoms with Crippen molar-refractivity contribution in [1.29, 1.82) is 0 Å². The van der Waals surface area contributed by atoms with Gasteiger partial charge in [-0.1, -0.05) is 23.7 Å². The normalized spacial score (nSPS) is 10.4. The standard InChI is InChI=1S/C20H21ClN4O2/c1-12-9-16(18(27-4)11-14(12)21)24-20-22-13(2)10-19(25-20)23-15-7-5-6-8-17(15)26-3/h5-11H,1-4H3,(H2,22,23,24,25). The molecule has 3 aromatic rings. The summed E-state index contributed by atoms with van der Waals surface area (Å²) in [4.78, 5) is 9.01. The molecule has 0 fully saturated rings. The molecule has 3 rings (SSSR count). The van der Waals surface area contributed by atoms with Crippen molar-refractivity contribution >= 4 is 34.7 Å². The van der Waals surface area contributed by atoms with Crippen molar-refractivity contribution in [2.24, 2.45) is 0 Å². The number of para-hydroxylation sites is 2. The van der Waals surface area contributed by atoms with Crippen LogP contribution < -0.4 is 20.1 Å². The summed E-state index contributed by atoms with van der Waals surface area (Å²) in [6, 6.07) is 13.2. The average molecular weight is 385 g/mol. The van der Waals surface area contributed by atoms with Gasteiger partial charge in [-0.15, -0.1) is 0 Å². The minimum absolute atomic E-state index is 0.451. The maximum Gasteiger partial charge on any atom is 0.229 e. The van der Waals surface area contributed by atoms with Crippen LogP contribution in [0.25, 0.3) is 0 Å². The number of aromatic nitrogens is 2. The maximum absolute atomic E-state index is 6.18. The lowest BCUT2D eigenvalue weighted by atomic mass is 10.2. The van der Waals surface area contributed by atoms with Crippen LogP contribution in [-0.4, -0.2) is 24.2 Å². The molecule has 0 aliphatic heterocycles. The lowest BCUT2D eigenvalue weighted by Crippen LogP contribution is -2.04. The van der Waals surface area contributed by atoms with E-state index in [0.29, 0.717) is 22.5 Å². The topological polar surface area (TPSA) is 68.3 Å². The number of benzene rings is 2. The predicted molar refractivity (Wildman–Crippen MR) is 109 cm³/mol. The molecule has 0 aliphatic rings. The first kappa shape index (κ1) is 18.8. The Labute approximate surface area is 163 Å². The number of methoxy groups -OCH3 is 2. The van der Waals surface area contributed by atoms with Crippen LogP contribution in [0.4, 0.5) is 23.1 Å². The van der Waals surface area contributed by atoms with Crippen LogP contribution in [0.5, 0.6) is 11.5 Å². The van der Waals surface area contributed by atoms with Crippen LogP contribution >= 0.6 is 11.6 Å². The van der Waals surface area contributed by atoms with E-state index in [1.807, 2.05) is 50.2 Å². The Morgan fingerprint density at radius 3 is 2.33 bits per heavy atom. The zero-order chi connectivity index (χ0) is 19.4. The van der Waals surface area contributed by atoms with E-state index in [9.17, 15) is 0 Å². The molecule has 27 heavy (non-hydrogen) atoms. The fourth-order valence-corrected chi connectivity index (χ4v) is 2.78.